The summed E-state index contributed by atoms with van der Waals surface area (Å²) in [6, 6.07) is 4.37. The summed E-state index contributed by atoms with van der Waals surface area (Å²) in [7, 11) is 0. The monoisotopic (exact) mass is 355 g/mol. The lowest BCUT2D eigenvalue weighted by atomic mass is 10.2. The van der Waals surface area contributed by atoms with Crippen LogP contribution >= 0.6 is 0 Å². The molecular weight excluding hydrogens is 339 g/mol. The van der Waals surface area contributed by atoms with Gasteiger partial charge in [-0.2, -0.15) is 13.2 Å². The number of rotatable bonds is 6. The number of nitrogens with one attached hydrogen (secondary N) is 1. The van der Waals surface area contributed by atoms with Crippen LogP contribution in [0.2, 0.25) is 0 Å². The quantitative estimate of drug-likeness (QED) is 0.623. The van der Waals surface area contributed by atoms with E-state index in [4.69, 9.17) is 0 Å². The Kier molecular flexibility index (Phi) is 5.40. The molecule has 0 atom stereocenters. The van der Waals surface area contributed by atoms with Crippen LogP contribution in [0.5, 0.6) is 0 Å². The predicted octanol–water partition coefficient (Wildman–Crippen LogP) is 3.99. The molecule has 0 bridgehead atoms. The molecule has 0 aliphatic rings. The molecular formula is C15H16F3N5O2. The van der Waals surface area contributed by atoms with Gasteiger partial charge in [-0.25, -0.2) is 9.97 Å². The highest BCUT2D eigenvalue weighted by Crippen LogP contribution is 2.35. The zero-order chi connectivity index (χ0) is 18.6. The van der Waals surface area contributed by atoms with E-state index < -0.39 is 16.7 Å². The van der Waals surface area contributed by atoms with Crippen LogP contribution in [-0.2, 0) is 6.18 Å². The number of hydrogen-bond acceptors (Lipinski definition) is 6. The van der Waals surface area contributed by atoms with Gasteiger partial charge in [-0.3, -0.25) is 10.1 Å². The van der Waals surface area contributed by atoms with Crippen molar-refractivity contribution in [3.63, 3.8) is 0 Å². The van der Waals surface area contributed by atoms with Crippen molar-refractivity contribution < 1.29 is 18.1 Å². The average molecular weight is 355 g/mol. The maximum atomic E-state index is 12.8. The van der Waals surface area contributed by atoms with Gasteiger partial charge in [-0.1, -0.05) is 6.07 Å². The number of benzene rings is 1. The Morgan fingerprint density at radius 1 is 1.24 bits per heavy atom. The van der Waals surface area contributed by atoms with E-state index in [9.17, 15) is 23.3 Å². The first kappa shape index (κ1) is 18.4. The summed E-state index contributed by atoms with van der Waals surface area (Å²) in [5, 5.41) is 14.1. The van der Waals surface area contributed by atoms with E-state index in [1.165, 1.54) is 12.1 Å². The van der Waals surface area contributed by atoms with Crippen LogP contribution in [0.15, 0.2) is 30.6 Å². The van der Waals surface area contributed by atoms with Crippen LogP contribution < -0.4 is 10.2 Å². The molecule has 7 nitrogen and oxygen atoms in total. The summed E-state index contributed by atoms with van der Waals surface area (Å²) in [5.41, 5.74) is -1.20. The summed E-state index contributed by atoms with van der Waals surface area (Å²) < 4.78 is 38.4. The first-order valence-electron chi connectivity index (χ1n) is 7.46. The van der Waals surface area contributed by atoms with E-state index >= 15 is 0 Å². The van der Waals surface area contributed by atoms with Gasteiger partial charge < -0.3 is 10.2 Å². The van der Waals surface area contributed by atoms with Crippen LogP contribution in [0.25, 0.3) is 0 Å². The highest BCUT2D eigenvalue weighted by molar-refractivity contribution is 5.74. The first-order valence-corrected chi connectivity index (χ1v) is 7.46. The summed E-state index contributed by atoms with van der Waals surface area (Å²) in [5.74, 6) is -0.0549. The van der Waals surface area contributed by atoms with Crippen molar-refractivity contribution in [3.8, 4) is 0 Å². The highest BCUT2D eigenvalue weighted by Gasteiger charge is 2.31. The van der Waals surface area contributed by atoms with Gasteiger partial charge in [0, 0.05) is 18.8 Å². The lowest BCUT2D eigenvalue weighted by Gasteiger charge is -2.20. The fraction of sp³-hybridized carbons (Fsp3) is 0.333. The van der Waals surface area contributed by atoms with Crippen LogP contribution in [-0.4, -0.2) is 28.0 Å². The van der Waals surface area contributed by atoms with Crippen molar-refractivity contribution in [1.82, 2.24) is 9.97 Å². The molecule has 2 rings (SSSR count). The van der Waals surface area contributed by atoms with Crippen molar-refractivity contribution in [2.75, 3.05) is 23.3 Å². The molecule has 134 valence electrons. The predicted molar refractivity (Wildman–Crippen MR) is 87.0 cm³/mol. The van der Waals surface area contributed by atoms with Crippen molar-refractivity contribution in [2.45, 2.75) is 20.0 Å². The molecule has 1 aromatic carbocycles. The largest absolute Gasteiger partial charge is 0.416 e. The van der Waals surface area contributed by atoms with Crippen LogP contribution in [0.1, 0.15) is 19.4 Å². The maximum Gasteiger partial charge on any atom is 0.416 e. The molecule has 0 fully saturated rings. The number of aromatic nitrogens is 2. The van der Waals surface area contributed by atoms with Gasteiger partial charge in [0.15, 0.2) is 0 Å². The first-order chi connectivity index (χ1) is 11.8. The Hall–Kier alpha value is -2.91. The maximum absolute atomic E-state index is 12.8. The third-order valence-corrected chi connectivity index (χ3v) is 3.50. The van der Waals surface area contributed by atoms with E-state index in [0.29, 0.717) is 13.1 Å². The minimum Gasteiger partial charge on any atom is -0.351 e. The lowest BCUT2D eigenvalue weighted by molar-refractivity contribution is -0.383. The molecule has 2 aromatic rings. The van der Waals surface area contributed by atoms with Gasteiger partial charge in [0.25, 0.3) is 0 Å². The summed E-state index contributed by atoms with van der Waals surface area (Å²) in [4.78, 5) is 20.3. The van der Waals surface area contributed by atoms with Gasteiger partial charge in [-0.05, 0) is 32.0 Å². The Bertz CT molecular complexity index is 763. The number of anilines is 3. The molecule has 1 aromatic heterocycles. The molecule has 10 heteroatoms. The van der Waals surface area contributed by atoms with E-state index in [-0.39, 0.29) is 23.0 Å². The molecule has 0 aliphatic heterocycles. The number of halogens is 3. The molecule has 0 aliphatic carbocycles. The second-order valence-corrected chi connectivity index (χ2v) is 5.03. The molecule has 0 saturated carbocycles. The van der Waals surface area contributed by atoms with Crippen molar-refractivity contribution >= 4 is 23.0 Å². The molecule has 25 heavy (non-hydrogen) atoms. The standard InChI is InChI=1S/C15H16F3N5O2/c1-3-22(4-2)14-12(23(24)25)13(19-9-20-14)21-11-7-5-6-10(8-11)15(16,17)18/h5-9H,3-4H2,1-2H3,(H,19,20,21). The average Bonchev–Trinajstić information content (AvgIpc) is 2.55. The fourth-order valence-corrected chi connectivity index (χ4v) is 2.29. The second kappa shape index (κ2) is 7.32. The van der Waals surface area contributed by atoms with E-state index in [1.54, 1.807) is 4.90 Å². The van der Waals surface area contributed by atoms with Crippen molar-refractivity contribution in [1.29, 1.82) is 0 Å². The minimum absolute atomic E-state index is 0.0436. The molecule has 1 heterocycles. The smallest absolute Gasteiger partial charge is 0.351 e. The summed E-state index contributed by atoms with van der Waals surface area (Å²) in [6.07, 6.45) is -3.38. The lowest BCUT2D eigenvalue weighted by Crippen LogP contribution is -2.24. The Morgan fingerprint density at radius 3 is 2.48 bits per heavy atom. The van der Waals surface area contributed by atoms with E-state index in [1.807, 2.05) is 13.8 Å². The second-order valence-electron chi connectivity index (χ2n) is 5.03. The van der Waals surface area contributed by atoms with Gasteiger partial charge in [0.05, 0.1) is 10.5 Å². The zero-order valence-corrected chi connectivity index (χ0v) is 13.5. The van der Waals surface area contributed by atoms with Crippen molar-refractivity contribution in [3.05, 3.63) is 46.3 Å². The Labute approximate surface area is 141 Å². The molecule has 0 radical (unpaired) electrons. The number of nitrogens with zero attached hydrogens (tertiary/aromatic N) is 4. The highest BCUT2D eigenvalue weighted by atomic mass is 19.4. The zero-order valence-electron chi connectivity index (χ0n) is 13.5. The number of alkyl halides is 3. The third-order valence-electron chi connectivity index (χ3n) is 3.50. The number of hydrogen-bond donors (Lipinski definition) is 1. The van der Waals surface area contributed by atoms with Crippen LogP contribution in [0, 0.1) is 10.1 Å². The number of nitro groups is 1. The van der Waals surface area contributed by atoms with Gasteiger partial charge in [-0.15, -0.1) is 0 Å². The molecule has 0 unspecified atom stereocenters. The Balaban J connectivity index is 2.47. The summed E-state index contributed by atoms with van der Waals surface area (Å²) >= 11 is 0. The topological polar surface area (TPSA) is 84.2 Å². The minimum atomic E-state index is -4.51. The molecule has 0 spiro atoms. The molecule has 1 N–H and O–H groups in total. The van der Waals surface area contributed by atoms with Gasteiger partial charge >= 0.3 is 11.9 Å². The SMILES string of the molecule is CCN(CC)c1ncnc(Nc2cccc(C(F)(F)F)c2)c1[N+](=O)[O-]. The van der Waals surface area contributed by atoms with Crippen molar-refractivity contribution in [2.24, 2.45) is 0 Å². The fourth-order valence-electron chi connectivity index (χ4n) is 2.29. The van der Waals surface area contributed by atoms with E-state index in [0.717, 1.165) is 18.5 Å². The third kappa shape index (κ3) is 4.14. The van der Waals surface area contributed by atoms with Gasteiger partial charge in [0.1, 0.15) is 6.33 Å². The van der Waals surface area contributed by atoms with Crippen LogP contribution in [0.4, 0.5) is 36.2 Å². The van der Waals surface area contributed by atoms with Gasteiger partial charge in [0.2, 0.25) is 11.6 Å². The molecule has 0 saturated heterocycles. The van der Waals surface area contributed by atoms with E-state index in [2.05, 4.69) is 15.3 Å². The summed E-state index contributed by atoms with van der Waals surface area (Å²) in [6.45, 7) is 4.60. The normalized spacial score (nSPS) is 11.2. The van der Waals surface area contributed by atoms with Crippen LogP contribution in [0.3, 0.4) is 0 Å². The Morgan fingerprint density at radius 2 is 1.92 bits per heavy atom. The molecule has 0 amide bonds.